The Kier molecular flexibility index (Phi) is 4.63. The number of aryl methyl sites for hydroxylation is 1. The van der Waals surface area contributed by atoms with Crippen LogP contribution < -0.4 is 5.32 Å². The van der Waals surface area contributed by atoms with E-state index in [4.69, 9.17) is 5.11 Å². The maximum absolute atomic E-state index is 13.4. The lowest BCUT2D eigenvalue weighted by molar-refractivity contribution is -0.137. The van der Waals surface area contributed by atoms with Crippen LogP contribution in [-0.2, 0) is 4.79 Å². The van der Waals surface area contributed by atoms with Crippen molar-refractivity contribution in [1.29, 1.82) is 0 Å². The highest BCUT2D eigenvalue weighted by Gasteiger charge is 2.06. The average molecular weight is 227 g/mol. The summed E-state index contributed by atoms with van der Waals surface area (Å²) in [5, 5.41) is 11.2. The summed E-state index contributed by atoms with van der Waals surface area (Å²) in [6.45, 7) is 2.06. The zero-order valence-corrected chi connectivity index (χ0v) is 9.03. The second kappa shape index (κ2) is 5.99. The van der Waals surface area contributed by atoms with Gasteiger partial charge in [-0.3, -0.25) is 4.79 Å². The van der Waals surface area contributed by atoms with Gasteiger partial charge in [0.25, 0.3) is 0 Å². The van der Waals surface area contributed by atoms with Crippen LogP contribution >= 0.6 is 0 Å². The number of aromatic nitrogens is 2. The molecule has 0 aromatic carbocycles. The first kappa shape index (κ1) is 12.4. The lowest BCUT2D eigenvalue weighted by Gasteiger charge is -2.06. The molecule has 0 amide bonds. The van der Waals surface area contributed by atoms with Gasteiger partial charge in [-0.1, -0.05) is 0 Å². The van der Waals surface area contributed by atoms with Gasteiger partial charge in [0.05, 0.1) is 5.69 Å². The molecule has 0 fully saturated rings. The van der Waals surface area contributed by atoms with Crippen LogP contribution in [0.4, 0.5) is 10.2 Å². The number of carbonyl (C=O) groups is 1. The summed E-state index contributed by atoms with van der Waals surface area (Å²) in [6, 6.07) is 0. The maximum atomic E-state index is 13.4. The molecule has 1 rings (SSSR count). The van der Waals surface area contributed by atoms with Crippen LogP contribution in [0.5, 0.6) is 0 Å². The standard InChI is InChI=1S/C10H14FN3O2/c1-7-9(11)10(14-6-13-7)12-5-3-2-4-8(15)16/h6H,2-5H2,1H3,(H,15,16)(H,12,13,14). The molecule has 0 unspecified atom stereocenters. The Balaban J connectivity index is 2.32. The fourth-order valence-electron chi connectivity index (χ4n) is 1.19. The predicted octanol–water partition coefficient (Wildman–Crippen LogP) is 1.59. The number of carboxylic acid groups (broad SMARTS) is 1. The zero-order valence-electron chi connectivity index (χ0n) is 9.03. The minimum atomic E-state index is -0.816. The van der Waals surface area contributed by atoms with Crippen molar-refractivity contribution in [2.45, 2.75) is 26.2 Å². The second-order valence-corrected chi connectivity index (χ2v) is 3.40. The van der Waals surface area contributed by atoms with Crippen molar-refractivity contribution in [3.05, 3.63) is 17.8 Å². The van der Waals surface area contributed by atoms with Crippen molar-refractivity contribution in [2.24, 2.45) is 0 Å². The van der Waals surface area contributed by atoms with E-state index >= 15 is 0 Å². The third-order valence-corrected chi connectivity index (χ3v) is 2.07. The Morgan fingerprint density at radius 3 is 2.94 bits per heavy atom. The molecule has 0 aliphatic carbocycles. The molecule has 2 N–H and O–H groups in total. The lowest BCUT2D eigenvalue weighted by atomic mass is 10.2. The van der Waals surface area contributed by atoms with E-state index in [0.717, 1.165) is 0 Å². The summed E-state index contributed by atoms with van der Waals surface area (Å²) in [7, 11) is 0. The molecule has 0 aliphatic heterocycles. The first-order valence-corrected chi connectivity index (χ1v) is 5.04. The topological polar surface area (TPSA) is 75.1 Å². The molecule has 16 heavy (non-hydrogen) atoms. The van der Waals surface area contributed by atoms with Crippen LogP contribution in [0.2, 0.25) is 0 Å². The number of nitrogens with zero attached hydrogens (tertiary/aromatic N) is 2. The number of hydrogen-bond acceptors (Lipinski definition) is 4. The van der Waals surface area contributed by atoms with Gasteiger partial charge in [0.1, 0.15) is 6.33 Å². The van der Waals surface area contributed by atoms with E-state index in [1.165, 1.54) is 6.33 Å². The molecular weight excluding hydrogens is 213 g/mol. The summed E-state index contributed by atoms with van der Waals surface area (Å²) in [6.07, 6.45) is 2.65. The number of unbranched alkanes of at least 4 members (excludes halogenated alkanes) is 1. The van der Waals surface area contributed by atoms with E-state index in [1.54, 1.807) is 6.92 Å². The van der Waals surface area contributed by atoms with Gasteiger partial charge in [-0.15, -0.1) is 0 Å². The van der Waals surface area contributed by atoms with E-state index in [2.05, 4.69) is 15.3 Å². The fourth-order valence-corrected chi connectivity index (χ4v) is 1.19. The third kappa shape index (κ3) is 3.80. The van der Waals surface area contributed by atoms with Crippen molar-refractivity contribution >= 4 is 11.8 Å². The highest BCUT2D eigenvalue weighted by molar-refractivity contribution is 5.66. The van der Waals surface area contributed by atoms with Crippen LogP contribution in [0.25, 0.3) is 0 Å². The lowest BCUT2D eigenvalue weighted by Crippen LogP contribution is -2.07. The summed E-state index contributed by atoms with van der Waals surface area (Å²) >= 11 is 0. The molecule has 0 spiro atoms. The zero-order chi connectivity index (χ0) is 12.0. The van der Waals surface area contributed by atoms with Gasteiger partial charge in [0.2, 0.25) is 0 Å². The third-order valence-electron chi connectivity index (χ3n) is 2.07. The molecule has 0 atom stereocenters. The van der Waals surface area contributed by atoms with Gasteiger partial charge in [0, 0.05) is 13.0 Å². The van der Waals surface area contributed by atoms with E-state index in [-0.39, 0.29) is 12.2 Å². The van der Waals surface area contributed by atoms with Gasteiger partial charge in [-0.25, -0.2) is 14.4 Å². The number of nitrogens with one attached hydrogen (secondary N) is 1. The Bertz CT molecular complexity index is 371. The molecule has 1 heterocycles. The van der Waals surface area contributed by atoms with Crippen LogP contribution in [0.3, 0.4) is 0 Å². The number of anilines is 1. The van der Waals surface area contributed by atoms with Crippen molar-refractivity contribution in [2.75, 3.05) is 11.9 Å². The molecule has 0 saturated carbocycles. The molecule has 88 valence electrons. The first-order valence-electron chi connectivity index (χ1n) is 5.04. The minimum Gasteiger partial charge on any atom is -0.481 e. The van der Waals surface area contributed by atoms with Crippen molar-refractivity contribution in [1.82, 2.24) is 9.97 Å². The number of rotatable bonds is 6. The van der Waals surface area contributed by atoms with Gasteiger partial charge >= 0.3 is 5.97 Å². The first-order chi connectivity index (χ1) is 7.61. The quantitative estimate of drug-likeness (QED) is 0.722. The van der Waals surface area contributed by atoms with Crippen LogP contribution in [0.1, 0.15) is 25.0 Å². The average Bonchev–Trinajstić information content (AvgIpc) is 2.23. The van der Waals surface area contributed by atoms with Gasteiger partial charge < -0.3 is 10.4 Å². The predicted molar refractivity (Wildman–Crippen MR) is 56.7 cm³/mol. The summed E-state index contributed by atoms with van der Waals surface area (Å²) in [5.41, 5.74) is 0.294. The van der Waals surface area contributed by atoms with E-state index < -0.39 is 11.8 Å². The molecule has 6 heteroatoms. The fraction of sp³-hybridized carbons (Fsp3) is 0.500. The number of hydrogen-bond donors (Lipinski definition) is 2. The van der Waals surface area contributed by atoms with Crippen LogP contribution in [0.15, 0.2) is 6.33 Å². The number of aliphatic carboxylic acids is 1. The van der Waals surface area contributed by atoms with E-state index in [1.807, 2.05) is 0 Å². The Morgan fingerprint density at radius 2 is 2.25 bits per heavy atom. The van der Waals surface area contributed by atoms with Crippen molar-refractivity contribution in [3.8, 4) is 0 Å². The Morgan fingerprint density at radius 1 is 1.50 bits per heavy atom. The van der Waals surface area contributed by atoms with Gasteiger partial charge in [-0.05, 0) is 19.8 Å². The monoisotopic (exact) mass is 227 g/mol. The van der Waals surface area contributed by atoms with Crippen molar-refractivity contribution in [3.63, 3.8) is 0 Å². The molecule has 0 aliphatic rings. The Labute approximate surface area is 92.7 Å². The molecule has 1 aromatic heterocycles. The smallest absolute Gasteiger partial charge is 0.303 e. The van der Waals surface area contributed by atoms with Crippen LogP contribution in [0, 0.1) is 12.7 Å². The summed E-state index contributed by atoms with van der Waals surface area (Å²) in [5.74, 6) is -1.10. The highest BCUT2D eigenvalue weighted by atomic mass is 19.1. The van der Waals surface area contributed by atoms with E-state index in [0.29, 0.717) is 25.1 Å². The second-order valence-electron chi connectivity index (χ2n) is 3.40. The van der Waals surface area contributed by atoms with Gasteiger partial charge in [0.15, 0.2) is 11.6 Å². The SMILES string of the molecule is Cc1ncnc(NCCCCC(=O)O)c1F. The largest absolute Gasteiger partial charge is 0.481 e. The van der Waals surface area contributed by atoms with Crippen molar-refractivity contribution < 1.29 is 14.3 Å². The molecule has 0 radical (unpaired) electrons. The molecular formula is C10H14FN3O2. The molecule has 0 saturated heterocycles. The highest BCUT2D eigenvalue weighted by Crippen LogP contribution is 2.11. The van der Waals surface area contributed by atoms with Crippen LogP contribution in [-0.4, -0.2) is 27.6 Å². The summed E-state index contributed by atoms with van der Waals surface area (Å²) in [4.78, 5) is 17.7. The van der Waals surface area contributed by atoms with E-state index in [9.17, 15) is 9.18 Å². The summed E-state index contributed by atoms with van der Waals surface area (Å²) < 4.78 is 13.4. The Hall–Kier alpha value is -1.72. The van der Waals surface area contributed by atoms with Gasteiger partial charge in [-0.2, -0.15) is 0 Å². The number of carboxylic acids is 1. The molecule has 5 nitrogen and oxygen atoms in total. The minimum absolute atomic E-state index is 0.132. The number of halogens is 1. The molecule has 0 bridgehead atoms. The maximum Gasteiger partial charge on any atom is 0.303 e. The molecule has 1 aromatic rings. The normalized spacial score (nSPS) is 10.1.